The zero-order valence-corrected chi connectivity index (χ0v) is 11.7. The molecular weight excluding hydrogens is 274 g/mol. The normalized spacial score (nSPS) is 9.95. The zero-order valence-electron chi connectivity index (χ0n) is 11.7. The summed E-state index contributed by atoms with van der Waals surface area (Å²) in [6.45, 7) is 0. The molecule has 0 unspecified atom stereocenters. The molecule has 0 aliphatic carbocycles. The molecule has 0 saturated heterocycles. The molecule has 0 fully saturated rings. The predicted molar refractivity (Wildman–Crippen MR) is 85.9 cm³/mol. The summed E-state index contributed by atoms with van der Waals surface area (Å²) in [7, 11) is 0. The third-order valence-corrected chi connectivity index (χ3v) is 3.22. The van der Waals surface area contributed by atoms with Crippen LogP contribution in [0.3, 0.4) is 0 Å². The van der Waals surface area contributed by atoms with E-state index in [-0.39, 0.29) is 5.91 Å². The fraction of sp³-hybridized carbons (Fsp3) is 0. The summed E-state index contributed by atoms with van der Waals surface area (Å²) in [5, 5.41) is 2.83. The maximum Gasteiger partial charge on any atom is 0.255 e. The molecule has 1 N–H and O–H groups in total. The lowest BCUT2D eigenvalue weighted by atomic mass is 10.1. The predicted octanol–water partition coefficient (Wildman–Crippen LogP) is 3.11. The highest BCUT2D eigenvalue weighted by Gasteiger charge is 2.06. The molecule has 3 rings (SSSR count). The topological polar surface area (TPSA) is 46.9 Å². The number of benzene rings is 2. The smallest absolute Gasteiger partial charge is 0.255 e. The Morgan fingerprint density at radius 1 is 1.18 bits per heavy atom. The SMILES string of the molecule is C#Cc1cccc(NC(=O)c2ccc(-n3ccnc3)cc2)c1. The van der Waals surface area contributed by atoms with Gasteiger partial charge in [0.1, 0.15) is 0 Å². The minimum Gasteiger partial charge on any atom is -0.322 e. The van der Waals surface area contributed by atoms with E-state index >= 15 is 0 Å². The Balaban J connectivity index is 1.76. The summed E-state index contributed by atoms with van der Waals surface area (Å²) in [5.41, 5.74) is 2.94. The second-order valence-electron chi connectivity index (χ2n) is 4.70. The second kappa shape index (κ2) is 5.98. The lowest BCUT2D eigenvalue weighted by Crippen LogP contribution is -2.11. The van der Waals surface area contributed by atoms with E-state index in [1.165, 1.54) is 0 Å². The first-order valence-corrected chi connectivity index (χ1v) is 6.73. The van der Waals surface area contributed by atoms with E-state index in [1.54, 1.807) is 36.8 Å². The van der Waals surface area contributed by atoms with E-state index in [9.17, 15) is 4.79 Å². The van der Waals surface area contributed by atoms with E-state index in [2.05, 4.69) is 16.2 Å². The van der Waals surface area contributed by atoms with Crippen molar-refractivity contribution in [3.8, 4) is 18.0 Å². The van der Waals surface area contributed by atoms with Crippen molar-refractivity contribution in [2.24, 2.45) is 0 Å². The average molecular weight is 287 g/mol. The van der Waals surface area contributed by atoms with Crippen molar-refractivity contribution >= 4 is 11.6 Å². The lowest BCUT2D eigenvalue weighted by Gasteiger charge is -2.07. The van der Waals surface area contributed by atoms with Gasteiger partial charge in [-0.3, -0.25) is 4.79 Å². The quantitative estimate of drug-likeness (QED) is 0.752. The van der Waals surface area contributed by atoms with Crippen molar-refractivity contribution in [1.29, 1.82) is 0 Å². The highest BCUT2D eigenvalue weighted by atomic mass is 16.1. The summed E-state index contributed by atoms with van der Waals surface area (Å²) in [6, 6.07) is 14.5. The van der Waals surface area contributed by atoms with E-state index in [0.717, 1.165) is 11.3 Å². The number of aromatic nitrogens is 2. The first kappa shape index (κ1) is 13.7. The van der Waals surface area contributed by atoms with Gasteiger partial charge in [-0.2, -0.15) is 0 Å². The van der Waals surface area contributed by atoms with Gasteiger partial charge >= 0.3 is 0 Å². The van der Waals surface area contributed by atoms with Gasteiger partial charge in [0.15, 0.2) is 0 Å². The maximum atomic E-state index is 12.2. The standard InChI is InChI=1S/C18H13N3O/c1-2-14-4-3-5-16(12-14)20-18(22)15-6-8-17(9-7-15)21-11-10-19-13-21/h1,3-13H,(H,20,22). The number of rotatable bonds is 3. The Bertz CT molecular complexity index is 828. The van der Waals surface area contributed by atoms with Crippen molar-refractivity contribution < 1.29 is 4.79 Å². The number of terminal acetylenes is 1. The minimum absolute atomic E-state index is 0.175. The van der Waals surface area contributed by atoms with Crippen LogP contribution < -0.4 is 5.32 Å². The molecule has 4 heteroatoms. The number of hydrogen-bond acceptors (Lipinski definition) is 2. The summed E-state index contributed by atoms with van der Waals surface area (Å²) in [4.78, 5) is 16.2. The van der Waals surface area contributed by atoms with Crippen LogP contribution in [0.5, 0.6) is 0 Å². The first-order chi connectivity index (χ1) is 10.8. The van der Waals surface area contributed by atoms with Gasteiger partial charge in [-0.1, -0.05) is 12.0 Å². The van der Waals surface area contributed by atoms with Crippen LogP contribution in [0.25, 0.3) is 5.69 Å². The van der Waals surface area contributed by atoms with Gasteiger partial charge in [0.25, 0.3) is 5.91 Å². The van der Waals surface area contributed by atoms with Crippen LogP contribution in [0.1, 0.15) is 15.9 Å². The van der Waals surface area contributed by atoms with Gasteiger partial charge in [-0.05, 0) is 42.5 Å². The van der Waals surface area contributed by atoms with Crippen molar-refractivity contribution in [3.63, 3.8) is 0 Å². The average Bonchev–Trinajstić information content (AvgIpc) is 3.09. The van der Waals surface area contributed by atoms with E-state index < -0.39 is 0 Å². The fourth-order valence-electron chi connectivity index (χ4n) is 2.09. The first-order valence-electron chi connectivity index (χ1n) is 6.73. The molecule has 0 saturated carbocycles. The molecule has 0 bridgehead atoms. The monoisotopic (exact) mass is 287 g/mol. The Morgan fingerprint density at radius 3 is 2.68 bits per heavy atom. The van der Waals surface area contributed by atoms with Gasteiger partial charge in [-0.15, -0.1) is 6.42 Å². The second-order valence-corrected chi connectivity index (χ2v) is 4.70. The number of carbonyl (C=O) groups excluding carboxylic acids is 1. The number of nitrogens with one attached hydrogen (secondary N) is 1. The molecule has 2 aromatic carbocycles. The highest BCUT2D eigenvalue weighted by molar-refractivity contribution is 6.04. The molecule has 0 aliphatic rings. The Kier molecular flexibility index (Phi) is 3.71. The number of carbonyl (C=O) groups is 1. The van der Waals surface area contributed by atoms with Crippen molar-refractivity contribution in [1.82, 2.24) is 9.55 Å². The van der Waals surface area contributed by atoms with Crippen LogP contribution in [0, 0.1) is 12.3 Å². The lowest BCUT2D eigenvalue weighted by molar-refractivity contribution is 0.102. The molecule has 1 aromatic heterocycles. The molecule has 0 spiro atoms. The maximum absolute atomic E-state index is 12.2. The van der Waals surface area contributed by atoms with Crippen LogP contribution in [-0.2, 0) is 0 Å². The van der Waals surface area contributed by atoms with Crippen molar-refractivity contribution in [2.75, 3.05) is 5.32 Å². The Morgan fingerprint density at radius 2 is 2.00 bits per heavy atom. The number of imidazole rings is 1. The van der Waals surface area contributed by atoms with E-state index in [1.807, 2.05) is 35.0 Å². The number of amides is 1. The van der Waals surface area contributed by atoms with Crippen molar-refractivity contribution in [3.05, 3.63) is 78.4 Å². The van der Waals surface area contributed by atoms with Gasteiger partial charge in [0, 0.05) is 34.9 Å². The van der Waals surface area contributed by atoms with Gasteiger partial charge < -0.3 is 9.88 Å². The molecule has 0 atom stereocenters. The summed E-state index contributed by atoms with van der Waals surface area (Å²) >= 11 is 0. The van der Waals surface area contributed by atoms with Crippen LogP contribution in [-0.4, -0.2) is 15.5 Å². The Labute approximate surface area is 128 Å². The molecule has 0 radical (unpaired) electrons. The zero-order chi connectivity index (χ0) is 15.4. The molecule has 3 aromatic rings. The Hall–Kier alpha value is -3.32. The number of nitrogens with zero attached hydrogens (tertiary/aromatic N) is 2. The summed E-state index contributed by atoms with van der Waals surface area (Å²) < 4.78 is 1.87. The van der Waals surface area contributed by atoms with E-state index in [0.29, 0.717) is 11.3 Å². The molecule has 0 aliphatic heterocycles. The molecule has 4 nitrogen and oxygen atoms in total. The van der Waals surface area contributed by atoms with Crippen LogP contribution in [0.4, 0.5) is 5.69 Å². The third kappa shape index (κ3) is 2.89. The minimum atomic E-state index is -0.175. The molecular formula is C18H13N3O. The molecule has 22 heavy (non-hydrogen) atoms. The van der Waals surface area contributed by atoms with Crippen LogP contribution in [0.2, 0.25) is 0 Å². The van der Waals surface area contributed by atoms with Gasteiger partial charge in [0.05, 0.1) is 6.33 Å². The third-order valence-electron chi connectivity index (χ3n) is 3.22. The summed E-state index contributed by atoms with van der Waals surface area (Å²) in [6.07, 6.45) is 10.6. The largest absolute Gasteiger partial charge is 0.322 e. The highest BCUT2D eigenvalue weighted by Crippen LogP contribution is 2.13. The van der Waals surface area contributed by atoms with Gasteiger partial charge in [-0.25, -0.2) is 4.98 Å². The molecule has 106 valence electrons. The summed E-state index contributed by atoms with van der Waals surface area (Å²) in [5.74, 6) is 2.37. The number of anilines is 1. The fourth-order valence-corrected chi connectivity index (χ4v) is 2.09. The molecule has 1 heterocycles. The number of hydrogen-bond donors (Lipinski definition) is 1. The van der Waals surface area contributed by atoms with Crippen LogP contribution >= 0.6 is 0 Å². The molecule has 1 amide bonds. The van der Waals surface area contributed by atoms with Gasteiger partial charge in [0.2, 0.25) is 0 Å². The van der Waals surface area contributed by atoms with E-state index in [4.69, 9.17) is 6.42 Å². The van der Waals surface area contributed by atoms with Crippen molar-refractivity contribution in [2.45, 2.75) is 0 Å². The van der Waals surface area contributed by atoms with Crippen LogP contribution in [0.15, 0.2) is 67.3 Å².